The molecule has 1 nitrogen and oxygen atoms in total. The van der Waals surface area contributed by atoms with Gasteiger partial charge in [0.2, 0.25) is 0 Å². The number of rotatable bonds is 4. The average molecular weight is 184 g/mol. The van der Waals surface area contributed by atoms with Gasteiger partial charge in [-0.25, -0.2) is 0 Å². The maximum absolute atomic E-state index is 5.84. The summed E-state index contributed by atoms with van der Waals surface area (Å²) in [5.74, 6) is 0. The Bertz CT molecular complexity index is 235. The molecule has 0 saturated heterocycles. The molecule has 0 saturated carbocycles. The van der Waals surface area contributed by atoms with E-state index in [9.17, 15) is 0 Å². The van der Waals surface area contributed by atoms with E-state index in [0.29, 0.717) is 0 Å². The predicted octanol–water partition coefficient (Wildman–Crippen LogP) is 2.49. The molecule has 0 amide bonds. The highest BCUT2D eigenvalue weighted by Crippen LogP contribution is 2.11. The van der Waals surface area contributed by atoms with Crippen LogP contribution in [0.1, 0.15) is 12.0 Å². The maximum Gasteiger partial charge on any atom is 0.0408 e. The Morgan fingerprint density at radius 1 is 1.42 bits per heavy atom. The molecule has 1 aromatic carbocycles. The molecule has 12 heavy (non-hydrogen) atoms. The number of aryl methyl sites for hydroxylation is 1. The molecule has 0 radical (unpaired) electrons. The molecule has 0 aliphatic heterocycles. The molecule has 1 aromatic rings. The van der Waals surface area contributed by atoms with Crippen LogP contribution >= 0.6 is 11.6 Å². The lowest BCUT2D eigenvalue weighted by Crippen LogP contribution is -2.08. The first-order valence-electron chi connectivity index (χ1n) is 4.22. The number of hydrogen-bond acceptors (Lipinski definition) is 1. The quantitative estimate of drug-likeness (QED) is 0.708. The third-order valence-electron chi connectivity index (χ3n) is 1.78. The summed E-state index contributed by atoms with van der Waals surface area (Å²) in [7, 11) is 1.97. The van der Waals surface area contributed by atoms with Crippen molar-refractivity contribution in [3.63, 3.8) is 0 Å². The van der Waals surface area contributed by atoms with E-state index in [1.54, 1.807) is 0 Å². The van der Waals surface area contributed by atoms with Gasteiger partial charge in [-0.15, -0.1) is 0 Å². The van der Waals surface area contributed by atoms with Gasteiger partial charge >= 0.3 is 0 Å². The highest BCUT2D eigenvalue weighted by molar-refractivity contribution is 6.30. The lowest BCUT2D eigenvalue weighted by molar-refractivity contribution is 0.725. The van der Waals surface area contributed by atoms with Crippen molar-refractivity contribution in [2.24, 2.45) is 0 Å². The molecular formula is C10H14ClN. The van der Waals surface area contributed by atoms with Gasteiger partial charge in [-0.3, -0.25) is 0 Å². The summed E-state index contributed by atoms with van der Waals surface area (Å²) in [5, 5.41) is 3.95. The second kappa shape index (κ2) is 5.18. The van der Waals surface area contributed by atoms with Crippen molar-refractivity contribution >= 4 is 11.6 Å². The Balaban J connectivity index is 2.41. The summed E-state index contributed by atoms with van der Waals surface area (Å²) in [4.78, 5) is 0. The van der Waals surface area contributed by atoms with Gasteiger partial charge in [0, 0.05) is 5.02 Å². The SMILES string of the molecule is CNCCCc1cccc(Cl)c1. The van der Waals surface area contributed by atoms with E-state index in [1.807, 2.05) is 25.2 Å². The molecule has 0 aromatic heterocycles. The second-order valence-corrected chi connectivity index (χ2v) is 3.27. The third kappa shape index (κ3) is 3.24. The van der Waals surface area contributed by atoms with Crippen LogP contribution in [0.15, 0.2) is 24.3 Å². The van der Waals surface area contributed by atoms with Crippen molar-refractivity contribution in [1.29, 1.82) is 0 Å². The van der Waals surface area contributed by atoms with E-state index < -0.39 is 0 Å². The Kier molecular flexibility index (Phi) is 4.12. The molecule has 2 heteroatoms. The van der Waals surface area contributed by atoms with Crippen LogP contribution in [0.2, 0.25) is 5.02 Å². The summed E-state index contributed by atoms with van der Waals surface area (Å²) in [5.41, 5.74) is 1.32. The topological polar surface area (TPSA) is 12.0 Å². The largest absolute Gasteiger partial charge is 0.320 e. The fraction of sp³-hybridized carbons (Fsp3) is 0.400. The van der Waals surface area contributed by atoms with Crippen molar-refractivity contribution in [2.75, 3.05) is 13.6 Å². The zero-order valence-corrected chi connectivity index (χ0v) is 8.06. The molecule has 66 valence electrons. The van der Waals surface area contributed by atoms with Crippen LogP contribution in [0, 0.1) is 0 Å². The van der Waals surface area contributed by atoms with Gasteiger partial charge < -0.3 is 5.32 Å². The molecule has 1 rings (SSSR count). The van der Waals surface area contributed by atoms with E-state index in [2.05, 4.69) is 11.4 Å². The summed E-state index contributed by atoms with van der Waals surface area (Å²) >= 11 is 5.84. The van der Waals surface area contributed by atoms with E-state index in [0.717, 1.165) is 24.4 Å². The minimum Gasteiger partial charge on any atom is -0.320 e. The van der Waals surface area contributed by atoms with Gasteiger partial charge in [0.25, 0.3) is 0 Å². The van der Waals surface area contributed by atoms with E-state index >= 15 is 0 Å². The Morgan fingerprint density at radius 2 is 2.25 bits per heavy atom. The summed E-state index contributed by atoms with van der Waals surface area (Å²) < 4.78 is 0. The van der Waals surface area contributed by atoms with Crippen LogP contribution in [0.3, 0.4) is 0 Å². The van der Waals surface area contributed by atoms with Crippen LogP contribution in [-0.4, -0.2) is 13.6 Å². The summed E-state index contributed by atoms with van der Waals surface area (Å²) in [6.07, 6.45) is 2.26. The lowest BCUT2D eigenvalue weighted by atomic mass is 10.1. The highest BCUT2D eigenvalue weighted by Gasteiger charge is 1.92. The number of benzene rings is 1. The van der Waals surface area contributed by atoms with Crippen LogP contribution in [0.4, 0.5) is 0 Å². The molecule has 0 unspecified atom stereocenters. The van der Waals surface area contributed by atoms with Crippen LogP contribution < -0.4 is 5.32 Å². The zero-order valence-electron chi connectivity index (χ0n) is 7.31. The zero-order chi connectivity index (χ0) is 8.81. The smallest absolute Gasteiger partial charge is 0.0408 e. The molecule has 0 spiro atoms. The third-order valence-corrected chi connectivity index (χ3v) is 2.02. The molecule has 0 bridgehead atoms. The first-order valence-corrected chi connectivity index (χ1v) is 4.60. The minimum atomic E-state index is 0.831. The van der Waals surface area contributed by atoms with Gasteiger partial charge in [-0.1, -0.05) is 23.7 Å². The Labute approximate surface area is 78.7 Å². The van der Waals surface area contributed by atoms with Gasteiger partial charge in [0.05, 0.1) is 0 Å². The fourth-order valence-corrected chi connectivity index (χ4v) is 1.37. The predicted molar refractivity (Wildman–Crippen MR) is 53.7 cm³/mol. The maximum atomic E-state index is 5.84. The molecule has 0 aliphatic carbocycles. The van der Waals surface area contributed by atoms with Crippen LogP contribution in [0.25, 0.3) is 0 Å². The Hall–Kier alpha value is -0.530. The van der Waals surface area contributed by atoms with Crippen LogP contribution in [0.5, 0.6) is 0 Å². The van der Waals surface area contributed by atoms with Gasteiger partial charge in [0.1, 0.15) is 0 Å². The van der Waals surface area contributed by atoms with E-state index in [4.69, 9.17) is 11.6 Å². The molecule has 1 N–H and O–H groups in total. The van der Waals surface area contributed by atoms with Crippen molar-refractivity contribution in [1.82, 2.24) is 5.32 Å². The monoisotopic (exact) mass is 183 g/mol. The molecule has 0 atom stereocenters. The van der Waals surface area contributed by atoms with E-state index in [1.165, 1.54) is 5.56 Å². The standard InChI is InChI=1S/C10H14ClN/c1-12-7-3-5-9-4-2-6-10(11)8-9/h2,4,6,8,12H,3,5,7H2,1H3. The first kappa shape index (κ1) is 9.56. The van der Waals surface area contributed by atoms with Gasteiger partial charge in [0.15, 0.2) is 0 Å². The number of nitrogens with one attached hydrogen (secondary N) is 1. The van der Waals surface area contributed by atoms with Gasteiger partial charge in [-0.05, 0) is 44.1 Å². The number of hydrogen-bond donors (Lipinski definition) is 1. The summed E-state index contributed by atoms with van der Waals surface area (Å²) in [6.45, 7) is 1.06. The van der Waals surface area contributed by atoms with Crippen molar-refractivity contribution < 1.29 is 0 Å². The average Bonchev–Trinajstić information content (AvgIpc) is 2.05. The Morgan fingerprint density at radius 3 is 2.92 bits per heavy atom. The van der Waals surface area contributed by atoms with E-state index in [-0.39, 0.29) is 0 Å². The van der Waals surface area contributed by atoms with Crippen molar-refractivity contribution in [3.05, 3.63) is 34.9 Å². The van der Waals surface area contributed by atoms with Crippen LogP contribution in [-0.2, 0) is 6.42 Å². The van der Waals surface area contributed by atoms with Gasteiger partial charge in [-0.2, -0.15) is 0 Å². The fourth-order valence-electron chi connectivity index (χ4n) is 1.16. The molecule has 0 aliphatic rings. The normalized spacial score (nSPS) is 10.2. The lowest BCUT2D eigenvalue weighted by Gasteiger charge is -2.00. The number of halogens is 1. The molecule has 0 fully saturated rings. The summed E-state index contributed by atoms with van der Waals surface area (Å²) in [6, 6.07) is 8.04. The van der Waals surface area contributed by atoms with Crippen molar-refractivity contribution in [3.8, 4) is 0 Å². The second-order valence-electron chi connectivity index (χ2n) is 2.84. The van der Waals surface area contributed by atoms with Crippen molar-refractivity contribution in [2.45, 2.75) is 12.8 Å². The first-order chi connectivity index (χ1) is 5.83. The minimum absolute atomic E-state index is 0.831. The highest BCUT2D eigenvalue weighted by atomic mass is 35.5. The molecule has 0 heterocycles. The molecular weight excluding hydrogens is 170 g/mol.